The summed E-state index contributed by atoms with van der Waals surface area (Å²) in [4.78, 5) is 13.0. The van der Waals surface area contributed by atoms with Crippen LogP contribution in [0.25, 0.3) is 11.3 Å². The first kappa shape index (κ1) is 14.2. The third kappa shape index (κ3) is 3.28. The fourth-order valence-corrected chi connectivity index (χ4v) is 2.23. The highest BCUT2D eigenvalue weighted by Gasteiger charge is 2.08. The van der Waals surface area contributed by atoms with Crippen molar-refractivity contribution in [2.24, 2.45) is 7.05 Å². The van der Waals surface area contributed by atoms with Crippen LogP contribution in [0.1, 0.15) is 11.1 Å². The first-order valence-electron chi connectivity index (χ1n) is 7.18. The van der Waals surface area contributed by atoms with Crippen LogP contribution in [-0.2, 0) is 13.5 Å². The highest BCUT2D eigenvalue weighted by molar-refractivity contribution is 5.62. The van der Waals surface area contributed by atoms with Crippen molar-refractivity contribution in [2.45, 2.75) is 13.3 Å². The van der Waals surface area contributed by atoms with Gasteiger partial charge in [-0.05, 0) is 36.6 Å². The van der Waals surface area contributed by atoms with Crippen LogP contribution < -0.4 is 5.32 Å². The van der Waals surface area contributed by atoms with Gasteiger partial charge in [-0.1, -0.05) is 0 Å². The second kappa shape index (κ2) is 6.34. The van der Waals surface area contributed by atoms with Crippen molar-refractivity contribution in [1.29, 1.82) is 0 Å². The Labute approximate surface area is 129 Å². The molecule has 0 aliphatic carbocycles. The molecule has 0 bridgehead atoms. The van der Waals surface area contributed by atoms with Crippen LogP contribution in [0.2, 0.25) is 0 Å². The quantitative estimate of drug-likeness (QED) is 0.781. The zero-order chi connectivity index (χ0) is 15.4. The van der Waals surface area contributed by atoms with Gasteiger partial charge in [0.2, 0.25) is 5.95 Å². The first-order chi connectivity index (χ1) is 10.7. The molecule has 0 saturated carbocycles. The zero-order valence-corrected chi connectivity index (χ0v) is 12.7. The molecule has 0 radical (unpaired) electrons. The van der Waals surface area contributed by atoms with E-state index in [1.54, 1.807) is 17.1 Å². The van der Waals surface area contributed by atoms with Crippen LogP contribution >= 0.6 is 0 Å². The molecule has 0 aliphatic heterocycles. The van der Waals surface area contributed by atoms with Crippen molar-refractivity contribution in [3.63, 3.8) is 0 Å². The fraction of sp³-hybridized carbons (Fsp3) is 0.250. The topological polar surface area (TPSA) is 68.5 Å². The van der Waals surface area contributed by atoms with Crippen molar-refractivity contribution >= 4 is 5.95 Å². The Morgan fingerprint density at radius 1 is 1.18 bits per heavy atom. The SMILES string of the molecule is Cc1cnc(NCCc2ccncc2)nc1-c1cnn(C)c1. The lowest BCUT2D eigenvalue weighted by Gasteiger charge is -2.08. The van der Waals surface area contributed by atoms with Gasteiger partial charge in [-0.3, -0.25) is 9.67 Å². The van der Waals surface area contributed by atoms with Crippen molar-refractivity contribution in [3.05, 3.63) is 54.2 Å². The summed E-state index contributed by atoms with van der Waals surface area (Å²) >= 11 is 0. The lowest BCUT2D eigenvalue weighted by atomic mass is 10.1. The maximum atomic E-state index is 4.60. The van der Waals surface area contributed by atoms with Gasteiger partial charge in [0.1, 0.15) is 0 Å². The van der Waals surface area contributed by atoms with Crippen LogP contribution in [0.5, 0.6) is 0 Å². The number of pyridine rings is 1. The van der Waals surface area contributed by atoms with Gasteiger partial charge in [0.15, 0.2) is 0 Å². The second-order valence-electron chi connectivity index (χ2n) is 5.16. The summed E-state index contributed by atoms with van der Waals surface area (Å²) in [5, 5.41) is 7.46. The van der Waals surface area contributed by atoms with Crippen molar-refractivity contribution in [1.82, 2.24) is 24.7 Å². The Morgan fingerprint density at radius 3 is 2.73 bits per heavy atom. The molecule has 0 fully saturated rings. The maximum Gasteiger partial charge on any atom is 0.223 e. The van der Waals surface area contributed by atoms with E-state index >= 15 is 0 Å². The number of aryl methyl sites for hydroxylation is 2. The molecule has 0 amide bonds. The van der Waals surface area contributed by atoms with Crippen molar-refractivity contribution in [3.8, 4) is 11.3 Å². The van der Waals surface area contributed by atoms with Gasteiger partial charge in [0.25, 0.3) is 0 Å². The minimum absolute atomic E-state index is 0.638. The van der Waals surface area contributed by atoms with Crippen LogP contribution in [-0.4, -0.2) is 31.3 Å². The standard InChI is InChI=1S/C16H18N6/c1-12-9-19-16(18-8-5-13-3-6-17-7-4-13)21-15(12)14-10-20-22(2)11-14/h3-4,6-7,9-11H,5,8H2,1-2H3,(H,18,19,21). The Hall–Kier alpha value is -2.76. The monoisotopic (exact) mass is 294 g/mol. The third-order valence-corrected chi connectivity index (χ3v) is 3.40. The molecule has 1 N–H and O–H groups in total. The summed E-state index contributed by atoms with van der Waals surface area (Å²) < 4.78 is 1.77. The largest absolute Gasteiger partial charge is 0.354 e. The van der Waals surface area contributed by atoms with E-state index in [1.165, 1.54) is 5.56 Å². The Kier molecular flexibility index (Phi) is 4.09. The van der Waals surface area contributed by atoms with E-state index in [2.05, 4.69) is 25.4 Å². The van der Waals surface area contributed by atoms with E-state index in [1.807, 2.05) is 44.7 Å². The average molecular weight is 294 g/mol. The van der Waals surface area contributed by atoms with E-state index in [-0.39, 0.29) is 0 Å². The van der Waals surface area contributed by atoms with Gasteiger partial charge in [0, 0.05) is 43.9 Å². The molecule has 3 aromatic rings. The molecule has 6 nitrogen and oxygen atoms in total. The molecule has 3 heterocycles. The average Bonchev–Trinajstić information content (AvgIpc) is 2.96. The summed E-state index contributed by atoms with van der Waals surface area (Å²) in [6, 6.07) is 4.03. The van der Waals surface area contributed by atoms with Crippen molar-refractivity contribution in [2.75, 3.05) is 11.9 Å². The number of nitrogens with one attached hydrogen (secondary N) is 1. The van der Waals surface area contributed by atoms with Gasteiger partial charge in [-0.25, -0.2) is 9.97 Å². The molecule has 0 atom stereocenters. The number of hydrogen-bond acceptors (Lipinski definition) is 5. The van der Waals surface area contributed by atoms with Gasteiger partial charge < -0.3 is 5.32 Å². The minimum atomic E-state index is 0.638. The van der Waals surface area contributed by atoms with E-state index in [0.717, 1.165) is 29.8 Å². The minimum Gasteiger partial charge on any atom is -0.354 e. The summed E-state index contributed by atoms with van der Waals surface area (Å²) in [6.45, 7) is 2.78. The fourth-order valence-electron chi connectivity index (χ4n) is 2.23. The molecule has 3 aromatic heterocycles. The number of hydrogen-bond donors (Lipinski definition) is 1. The Balaban J connectivity index is 1.70. The highest BCUT2D eigenvalue weighted by atomic mass is 15.2. The molecule has 0 unspecified atom stereocenters. The van der Waals surface area contributed by atoms with Crippen LogP contribution in [0.3, 0.4) is 0 Å². The maximum absolute atomic E-state index is 4.60. The highest BCUT2D eigenvalue weighted by Crippen LogP contribution is 2.20. The first-order valence-corrected chi connectivity index (χ1v) is 7.18. The smallest absolute Gasteiger partial charge is 0.223 e. The van der Waals surface area contributed by atoms with Crippen LogP contribution in [0.4, 0.5) is 5.95 Å². The predicted molar refractivity (Wildman–Crippen MR) is 85.4 cm³/mol. The summed E-state index contributed by atoms with van der Waals surface area (Å²) in [6.07, 6.45) is 10.1. The van der Waals surface area contributed by atoms with Crippen LogP contribution in [0, 0.1) is 6.92 Å². The molecular formula is C16H18N6. The molecular weight excluding hydrogens is 276 g/mol. The molecule has 0 aliphatic rings. The van der Waals surface area contributed by atoms with Crippen molar-refractivity contribution < 1.29 is 0 Å². The van der Waals surface area contributed by atoms with Gasteiger partial charge in [-0.15, -0.1) is 0 Å². The van der Waals surface area contributed by atoms with Gasteiger partial charge in [0.05, 0.1) is 11.9 Å². The second-order valence-corrected chi connectivity index (χ2v) is 5.16. The molecule has 0 aromatic carbocycles. The predicted octanol–water partition coefficient (Wildman–Crippen LogP) is 2.24. The lowest BCUT2D eigenvalue weighted by molar-refractivity contribution is 0.768. The Morgan fingerprint density at radius 2 is 2.00 bits per heavy atom. The lowest BCUT2D eigenvalue weighted by Crippen LogP contribution is -2.08. The summed E-state index contributed by atoms with van der Waals surface area (Å²) in [5.74, 6) is 0.638. The Bertz CT molecular complexity index is 750. The molecule has 6 heteroatoms. The van der Waals surface area contributed by atoms with E-state index in [0.29, 0.717) is 5.95 Å². The van der Waals surface area contributed by atoms with E-state index in [4.69, 9.17) is 0 Å². The number of aromatic nitrogens is 5. The molecule has 0 spiro atoms. The number of nitrogens with zero attached hydrogens (tertiary/aromatic N) is 5. The molecule has 22 heavy (non-hydrogen) atoms. The normalized spacial score (nSPS) is 10.6. The number of anilines is 1. The molecule has 112 valence electrons. The zero-order valence-electron chi connectivity index (χ0n) is 12.7. The molecule has 0 saturated heterocycles. The summed E-state index contributed by atoms with van der Waals surface area (Å²) in [5.41, 5.74) is 4.18. The summed E-state index contributed by atoms with van der Waals surface area (Å²) in [7, 11) is 1.90. The molecule has 3 rings (SSSR count). The van der Waals surface area contributed by atoms with E-state index < -0.39 is 0 Å². The van der Waals surface area contributed by atoms with E-state index in [9.17, 15) is 0 Å². The van der Waals surface area contributed by atoms with Crippen LogP contribution in [0.15, 0.2) is 43.1 Å². The van der Waals surface area contributed by atoms with Gasteiger partial charge >= 0.3 is 0 Å². The third-order valence-electron chi connectivity index (χ3n) is 3.40. The number of rotatable bonds is 5. The van der Waals surface area contributed by atoms with Gasteiger partial charge in [-0.2, -0.15) is 5.10 Å².